The Bertz CT molecular complexity index is 1190. The minimum absolute atomic E-state index is 0.156. The first-order valence-corrected chi connectivity index (χ1v) is 19.1. The minimum atomic E-state index is -1.47. The second-order valence-electron chi connectivity index (χ2n) is 15.0. The number of carbonyl (C=O) groups is 3. The van der Waals surface area contributed by atoms with Gasteiger partial charge in [0.05, 0.1) is 18.8 Å². The van der Waals surface area contributed by atoms with E-state index in [1.807, 2.05) is 19.9 Å². The fourth-order valence-corrected chi connectivity index (χ4v) is 8.57. The van der Waals surface area contributed by atoms with Crippen LogP contribution in [0.5, 0.6) is 0 Å². The fourth-order valence-electron chi connectivity index (χ4n) is 8.57. The Balaban J connectivity index is 1.81. The quantitative estimate of drug-likeness (QED) is 0.0375. The highest BCUT2D eigenvalue weighted by molar-refractivity contribution is 5.70. The number of aliphatic hydroxyl groups is 3. The van der Waals surface area contributed by atoms with E-state index in [2.05, 4.69) is 13.5 Å². The van der Waals surface area contributed by atoms with Gasteiger partial charge >= 0.3 is 17.9 Å². The van der Waals surface area contributed by atoms with Gasteiger partial charge in [-0.1, -0.05) is 117 Å². The molecule has 2 fully saturated rings. The maximum Gasteiger partial charge on any atom is 0.306 e. The second-order valence-corrected chi connectivity index (χ2v) is 15.0. The van der Waals surface area contributed by atoms with Gasteiger partial charge in [0.25, 0.3) is 0 Å². The van der Waals surface area contributed by atoms with E-state index in [1.54, 1.807) is 6.08 Å². The van der Waals surface area contributed by atoms with Crippen molar-refractivity contribution in [3.8, 4) is 0 Å². The van der Waals surface area contributed by atoms with Crippen LogP contribution >= 0.6 is 0 Å². The Hall–Kier alpha value is -2.53. The number of allylic oxidation sites excluding steroid dienone is 1. The summed E-state index contributed by atoms with van der Waals surface area (Å²) in [5, 5.41) is 33.1. The molecule has 10 nitrogen and oxygen atoms in total. The third-order valence-electron chi connectivity index (χ3n) is 11.5. The van der Waals surface area contributed by atoms with Crippen LogP contribution in [0.25, 0.3) is 0 Å². The molecule has 0 unspecified atom stereocenters. The van der Waals surface area contributed by atoms with E-state index in [0.717, 1.165) is 19.3 Å². The highest BCUT2D eigenvalue weighted by Crippen LogP contribution is 2.67. The molecule has 0 aromatic heterocycles. The molecule has 284 valence electrons. The van der Waals surface area contributed by atoms with Crippen LogP contribution in [0, 0.1) is 22.7 Å². The zero-order chi connectivity index (χ0) is 36.9. The smallest absolute Gasteiger partial charge is 0.306 e. The van der Waals surface area contributed by atoms with E-state index in [0.29, 0.717) is 24.0 Å². The summed E-state index contributed by atoms with van der Waals surface area (Å²) in [6.45, 7) is 12.1. The third-order valence-corrected chi connectivity index (χ3v) is 11.5. The van der Waals surface area contributed by atoms with Gasteiger partial charge in [0.2, 0.25) is 12.6 Å². The predicted molar refractivity (Wildman–Crippen MR) is 190 cm³/mol. The zero-order valence-corrected chi connectivity index (χ0v) is 31.2. The molecule has 1 saturated heterocycles. The normalized spacial score (nSPS) is 32.0. The molecule has 10 heteroatoms. The van der Waals surface area contributed by atoms with Gasteiger partial charge in [-0.25, -0.2) is 0 Å². The predicted octanol–water partition coefficient (Wildman–Crippen LogP) is 6.99. The van der Waals surface area contributed by atoms with Crippen LogP contribution in [0.2, 0.25) is 0 Å². The molecule has 1 spiro atoms. The molecular formula is C40H64O10. The average molecular weight is 705 g/mol. The van der Waals surface area contributed by atoms with Gasteiger partial charge in [-0.3, -0.25) is 19.1 Å². The number of aliphatic hydroxyl groups excluding tert-OH is 3. The Labute approximate surface area is 299 Å². The molecule has 3 rings (SSSR count). The average Bonchev–Trinajstić information content (AvgIpc) is 3.35. The Morgan fingerprint density at radius 1 is 0.920 bits per heavy atom. The van der Waals surface area contributed by atoms with Crippen molar-refractivity contribution in [2.45, 2.75) is 168 Å². The van der Waals surface area contributed by atoms with Crippen LogP contribution in [0.3, 0.4) is 0 Å². The molecule has 50 heavy (non-hydrogen) atoms. The largest absolute Gasteiger partial charge is 0.458 e. The lowest BCUT2D eigenvalue weighted by Crippen LogP contribution is -2.68. The number of rotatable bonds is 21. The molecule has 0 aromatic carbocycles. The molecule has 2 aliphatic carbocycles. The third kappa shape index (κ3) is 10.1. The van der Waals surface area contributed by atoms with Gasteiger partial charge in [0.15, 0.2) is 0 Å². The van der Waals surface area contributed by atoms with E-state index in [9.17, 15) is 29.7 Å². The standard InChI is InChI=1S/C40H64O10/c1-7-9-10-11-12-13-14-15-16-17-18-19-20-21-34(45)49-36-35(46)27(3)39(6,23-22-30(8-2)26-41)33-25-31(44)24-32-37(47-28(4)42)50-38(40(32,33)36)48-29(5)43/h8,22,24,27,31,33,35-38,41,44,46H,2,7,9-21,23,25-26H2,1,3-6H3/b30-22-/t27-,31+,33+,35-,36+,37+,38-,39-,40-/m0/s1. The summed E-state index contributed by atoms with van der Waals surface area (Å²) in [7, 11) is 0. The molecule has 0 aromatic rings. The summed E-state index contributed by atoms with van der Waals surface area (Å²) < 4.78 is 23.7. The van der Waals surface area contributed by atoms with Crippen LogP contribution < -0.4 is 0 Å². The van der Waals surface area contributed by atoms with Crippen molar-refractivity contribution >= 4 is 17.9 Å². The molecule has 1 saturated carbocycles. The molecule has 9 atom stereocenters. The lowest BCUT2D eigenvalue weighted by atomic mass is 9.44. The van der Waals surface area contributed by atoms with Crippen molar-refractivity contribution in [3.63, 3.8) is 0 Å². The Morgan fingerprint density at radius 3 is 2.00 bits per heavy atom. The van der Waals surface area contributed by atoms with E-state index >= 15 is 0 Å². The summed E-state index contributed by atoms with van der Waals surface area (Å²) in [5.74, 6) is -2.87. The van der Waals surface area contributed by atoms with Crippen molar-refractivity contribution in [1.29, 1.82) is 0 Å². The number of hydrogen-bond donors (Lipinski definition) is 3. The van der Waals surface area contributed by atoms with Gasteiger partial charge in [-0.2, -0.15) is 0 Å². The van der Waals surface area contributed by atoms with Crippen molar-refractivity contribution in [2.75, 3.05) is 6.61 Å². The van der Waals surface area contributed by atoms with Crippen LogP contribution in [-0.4, -0.2) is 70.7 Å². The van der Waals surface area contributed by atoms with E-state index in [-0.39, 0.29) is 19.4 Å². The summed E-state index contributed by atoms with van der Waals surface area (Å²) in [6, 6.07) is 0. The van der Waals surface area contributed by atoms with Crippen LogP contribution in [0.15, 0.2) is 36.0 Å². The van der Waals surface area contributed by atoms with Gasteiger partial charge in [-0.05, 0) is 48.2 Å². The Kier molecular flexibility index (Phi) is 16.7. The molecule has 3 N–H and O–H groups in total. The molecule has 0 radical (unpaired) electrons. The minimum Gasteiger partial charge on any atom is -0.458 e. The van der Waals surface area contributed by atoms with Crippen LogP contribution in [0.1, 0.15) is 137 Å². The van der Waals surface area contributed by atoms with Crippen LogP contribution in [0.4, 0.5) is 0 Å². The SMILES string of the molecule is C=C/C(=C/C[C@]1(C)[C@H]2C[C@H](O)C=C3[C@H](OC(C)=O)O[C@H](OC(C)=O)[C@@]32[C@H](OC(=O)CCCCCCCCCCCCCCC)[C@@H](O)[C@@H]1C)CO. The first-order valence-electron chi connectivity index (χ1n) is 19.1. The highest BCUT2D eigenvalue weighted by Gasteiger charge is 2.74. The summed E-state index contributed by atoms with van der Waals surface area (Å²) in [6.07, 6.45) is 14.7. The van der Waals surface area contributed by atoms with Gasteiger partial charge in [-0.15, -0.1) is 0 Å². The van der Waals surface area contributed by atoms with Gasteiger partial charge < -0.3 is 29.5 Å². The maximum atomic E-state index is 13.5. The molecule has 3 aliphatic rings. The molecule has 1 heterocycles. The van der Waals surface area contributed by atoms with Crippen molar-refractivity contribution in [2.24, 2.45) is 22.7 Å². The summed E-state index contributed by atoms with van der Waals surface area (Å²) >= 11 is 0. The fraction of sp³-hybridized carbons (Fsp3) is 0.775. The molecular weight excluding hydrogens is 640 g/mol. The Morgan fingerprint density at radius 2 is 1.48 bits per heavy atom. The van der Waals surface area contributed by atoms with Crippen molar-refractivity contribution in [1.82, 2.24) is 0 Å². The topological polar surface area (TPSA) is 149 Å². The van der Waals surface area contributed by atoms with Crippen molar-refractivity contribution in [3.05, 3.63) is 36.0 Å². The van der Waals surface area contributed by atoms with E-state index in [1.165, 1.54) is 77.7 Å². The number of carbonyl (C=O) groups excluding carboxylic acids is 3. The molecule has 0 bridgehead atoms. The monoisotopic (exact) mass is 704 g/mol. The molecule has 0 amide bonds. The maximum absolute atomic E-state index is 13.5. The number of ether oxygens (including phenoxy) is 4. The van der Waals surface area contributed by atoms with Crippen molar-refractivity contribution < 1.29 is 48.7 Å². The zero-order valence-electron chi connectivity index (χ0n) is 31.2. The second kappa shape index (κ2) is 19.9. The van der Waals surface area contributed by atoms with Gasteiger partial charge in [0.1, 0.15) is 11.5 Å². The first-order chi connectivity index (χ1) is 23.9. The number of hydrogen-bond acceptors (Lipinski definition) is 10. The van der Waals surface area contributed by atoms with E-state index < -0.39 is 71.5 Å². The summed E-state index contributed by atoms with van der Waals surface area (Å²) in [4.78, 5) is 38.3. The van der Waals surface area contributed by atoms with E-state index in [4.69, 9.17) is 18.9 Å². The number of esters is 3. The lowest BCUT2D eigenvalue weighted by Gasteiger charge is -2.62. The summed E-state index contributed by atoms with van der Waals surface area (Å²) in [5.41, 5.74) is -1.38. The number of unbranched alkanes of at least 4 members (excludes halogenated alkanes) is 12. The van der Waals surface area contributed by atoms with Crippen LogP contribution in [-0.2, 0) is 33.3 Å². The molecule has 1 aliphatic heterocycles. The first kappa shape index (κ1) is 41.9. The lowest BCUT2D eigenvalue weighted by molar-refractivity contribution is -0.276. The highest BCUT2D eigenvalue weighted by atomic mass is 16.8. The van der Waals surface area contributed by atoms with Gasteiger partial charge in [0, 0.05) is 25.8 Å².